The fourth-order valence-electron chi connectivity index (χ4n) is 3.01. The van der Waals surface area contributed by atoms with Gasteiger partial charge in [-0.05, 0) is 32.4 Å². The van der Waals surface area contributed by atoms with E-state index in [1.54, 1.807) is 10.6 Å². The lowest BCUT2D eigenvalue weighted by Gasteiger charge is -2.23. The summed E-state index contributed by atoms with van der Waals surface area (Å²) in [7, 11) is 0. The highest BCUT2D eigenvalue weighted by Gasteiger charge is 2.22. The zero-order valence-corrected chi connectivity index (χ0v) is 13.9. The molecular weight excluding hydrogens is 334 g/mol. The van der Waals surface area contributed by atoms with Gasteiger partial charge in [0, 0.05) is 18.5 Å². The van der Waals surface area contributed by atoms with Gasteiger partial charge in [0.05, 0.1) is 30.4 Å². The maximum absolute atomic E-state index is 12.3. The Bertz CT molecular complexity index is 766. The monoisotopic (exact) mass is 353 g/mol. The van der Waals surface area contributed by atoms with Crippen molar-refractivity contribution < 1.29 is 9.08 Å². The van der Waals surface area contributed by atoms with Gasteiger partial charge in [-0.3, -0.25) is 13.9 Å². The third-order valence-corrected chi connectivity index (χ3v) is 4.37. The molecule has 9 heteroatoms. The molecule has 0 bridgehead atoms. The third-order valence-electron chi connectivity index (χ3n) is 4.22. The quantitative estimate of drug-likeness (QED) is 0.666. The fraction of sp³-hybridized carbons (Fsp3) is 0.533. The van der Waals surface area contributed by atoms with Crippen molar-refractivity contribution in [3.8, 4) is 0 Å². The van der Waals surface area contributed by atoms with E-state index in [0.717, 1.165) is 31.6 Å². The lowest BCUT2D eigenvalue weighted by molar-refractivity contribution is 0.0953. The Morgan fingerprint density at radius 1 is 1.46 bits per heavy atom. The molecule has 2 aromatic heterocycles. The van der Waals surface area contributed by atoms with Gasteiger partial charge in [0.15, 0.2) is 0 Å². The molecule has 3 heterocycles. The van der Waals surface area contributed by atoms with Crippen molar-refractivity contribution in [2.24, 2.45) is 0 Å². The molecule has 1 fully saturated rings. The number of hydrogen-bond donors (Lipinski definition) is 3. The molecule has 3 N–H and O–H groups in total. The number of aromatic amines is 1. The molecule has 0 aromatic carbocycles. The van der Waals surface area contributed by atoms with Gasteiger partial charge < -0.3 is 15.6 Å². The minimum Gasteiger partial charge on any atom is -0.352 e. The van der Waals surface area contributed by atoms with Gasteiger partial charge in [-0.2, -0.15) is 5.10 Å². The number of rotatable bonds is 6. The Kier molecular flexibility index (Phi) is 5.49. The molecule has 0 unspecified atom stereocenters. The molecule has 3 rings (SSSR count). The average Bonchev–Trinajstić information content (AvgIpc) is 3.02. The van der Waals surface area contributed by atoms with Crippen molar-refractivity contribution in [3.63, 3.8) is 0 Å². The maximum Gasteiger partial charge on any atom is 0.256 e. The van der Waals surface area contributed by atoms with Gasteiger partial charge in [0.1, 0.15) is 11.2 Å². The molecule has 24 heavy (non-hydrogen) atoms. The van der Waals surface area contributed by atoms with Crippen LogP contribution in [-0.4, -0.2) is 46.7 Å². The van der Waals surface area contributed by atoms with Crippen LogP contribution < -0.4 is 16.2 Å². The SMILES string of the molecule is O=C(NCCCOCl)c1cnn2c(C3CCNCC3)cc(=O)[nH]c12. The number of carbonyl (C=O) groups excluding carboxylic acids is 1. The number of carbonyl (C=O) groups is 1. The summed E-state index contributed by atoms with van der Waals surface area (Å²) in [5, 5.41) is 10.4. The number of aromatic nitrogens is 3. The number of fused-ring (bicyclic) bond motifs is 1. The van der Waals surface area contributed by atoms with Crippen LogP contribution in [0.25, 0.3) is 5.65 Å². The van der Waals surface area contributed by atoms with Crippen molar-refractivity contribution in [2.45, 2.75) is 25.2 Å². The van der Waals surface area contributed by atoms with Gasteiger partial charge in [0.25, 0.3) is 11.5 Å². The predicted octanol–water partition coefficient (Wildman–Crippen LogP) is 0.780. The molecule has 0 aliphatic carbocycles. The largest absolute Gasteiger partial charge is 0.352 e. The van der Waals surface area contributed by atoms with Crippen LogP contribution in [0.15, 0.2) is 17.1 Å². The second-order valence-electron chi connectivity index (χ2n) is 5.82. The van der Waals surface area contributed by atoms with E-state index < -0.39 is 0 Å². The van der Waals surface area contributed by atoms with Crippen LogP contribution in [0.2, 0.25) is 0 Å². The van der Waals surface area contributed by atoms with Crippen LogP contribution in [-0.2, 0) is 4.29 Å². The summed E-state index contributed by atoms with van der Waals surface area (Å²) in [5.74, 6) is -0.0228. The highest BCUT2D eigenvalue weighted by molar-refractivity contribution is 6.07. The first-order chi connectivity index (χ1) is 11.7. The van der Waals surface area contributed by atoms with E-state index in [9.17, 15) is 9.59 Å². The van der Waals surface area contributed by atoms with E-state index in [4.69, 9.17) is 11.9 Å². The highest BCUT2D eigenvalue weighted by atomic mass is 35.5. The van der Waals surface area contributed by atoms with Crippen molar-refractivity contribution in [3.05, 3.63) is 33.9 Å². The zero-order valence-electron chi connectivity index (χ0n) is 13.2. The standard InChI is InChI=1S/C15H20ClN5O3/c16-24-7-1-4-18-15(23)11-9-19-21-12(8-13(22)20-14(11)21)10-2-5-17-6-3-10/h8-10,17H,1-7H2,(H,18,23)(H,20,22). The summed E-state index contributed by atoms with van der Waals surface area (Å²) in [6.07, 6.45) is 3.98. The van der Waals surface area contributed by atoms with Gasteiger partial charge in [-0.1, -0.05) is 0 Å². The topological polar surface area (TPSA) is 101 Å². The molecule has 2 aromatic rings. The van der Waals surface area contributed by atoms with Crippen molar-refractivity contribution in [1.82, 2.24) is 25.2 Å². The summed E-state index contributed by atoms with van der Waals surface area (Å²) in [4.78, 5) is 27.1. The highest BCUT2D eigenvalue weighted by Crippen LogP contribution is 2.24. The summed E-state index contributed by atoms with van der Waals surface area (Å²) < 4.78 is 6.11. The first-order valence-corrected chi connectivity index (χ1v) is 8.35. The number of H-pyrrole nitrogens is 1. The number of halogens is 1. The van der Waals surface area contributed by atoms with Crippen molar-refractivity contribution in [2.75, 3.05) is 26.2 Å². The molecule has 0 spiro atoms. The molecule has 8 nitrogen and oxygen atoms in total. The van der Waals surface area contributed by atoms with Crippen LogP contribution in [0.3, 0.4) is 0 Å². The number of amides is 1. The molecule has 1 aliphatic rings. The molecule has 1 saturated heterocycles. The average molecular weight is 354 g/mol. The third kappa shape index (κ3) is 3.61. The minimum absolute atomic E-state index is 0.221. The van der Waals surface area contributed by atoms with Gasteiger partial charge >= 0.3 is 0 Å². The van der Waals surface area contributed by atoms with E-state index in [1.165, 1.54) is 6.20 Å². The lowest BCUT2D eigenvalue weighted by Crippen LogP contribution is -2.29. The Morgan fingerprint density at radius 3 is 3.00 bits per heavy atom. The molecule has 1 aliphatic heterocycles. The van der Waals surface area contributed by atoms with Gasteiger partial charge in [-0.25, -0.2) is 4.52 Å². The molecule has 130 valence electrons. The molecule has 0 saturated carbocycles. The van der Waals surface area contributed by atoms with Gasteiger partial charge in [0.2, 0.25) is 0 Å². The smallest absolute Gasteiger partial charge is 0.256 e. The summed E-state index contributed by atoms with van der Waals surface area (Å²) in [6, 6.07) is 1.58. The summed E-state index contributed by atoms with van der Waals surface area (Å²) in [6.45, 7) is 2.61. The van der Waals surface area contributed by atoms with Crippen molar-refractivity contribution in [1.29, 1.82) is 0 Å². The number of piperidine rings is 1. The molecule has 0 radical (unpaired) electrons. The maximum atomic E-state index is 12.3. The Morgan fingerprint density at radius 2 is 2.25 bits per heavy atom. The Balaban J connectivity index is 1.87. The van der Waals surface area contributed by atoms with E-state index in [-0.39, 0.29) is 17.4 Å². The van der Waals surface area contributed by atoms with Crippen LogP contribution in [0.5, 0.6) is 0 Å². The molecule has 1 amide bonds. The lowest BCUT2D eigenvalue weighted by atomic mass is 9.94. The van der Waals surface area contributed by atoms with Crippen molar-refractivity contribution >= 4 is 23.4 Å². The number of nitrogens with zero attached hydrogens (tertiary/aromatic N) is 2. The molecule has 0 atom stereocenters. The van der Waals surface area contributed by atoms with Crippen LogP contribution in [0, 0.1) is 0 Å². The van der Waals surface area contributed by atoms with Crippen LogP contribution in [0.1, 0.15) is 41.2 Å². The summed E-state index contributed by atoms with van der Waals surface area (Å²) in [5.41, 5.74) is 1.42. The first-order valence-electron chi connectivity index (χ1n) is 8.04. The normalized spacial score (nSPS) is 15.7. The van der Waals surface area contributed by atoms with E-state index in [1.807, 2.05) is 0 Å². The predicted molar refractivity (Wildman–Crippen MR) is 89.4 cm³/mol. The van der Waals surface area contributed by atoms with E-state index in [2.05, 4.69) is 25.0 Å². The first kappa shape index (κ1) is 16.9. The summed E-state index contributed by atoms with van der Waals surface area (Å²) >= 11 is 5.13. The van der Waals surface area contributed by atoms with Crippen LogP contribution >= 0.6 is 11.9 Å². The van der Waals surface area contributed by atoms with Crippen LogP contribution in [0.4, 0.5) is 0 Å². The van der Waals surface area contributed by atoms with E-state index in [0.29, 0.717) is 30.8 Å². The molecular formula is C15H20ClN5O3. The number of nitrogens with one attached hydrogen (secondary N) is 3. The Hall–Kier alpha value is -1.90. The Labute approximate surface area is 143 Å². The van der Waals surface area contributed by atoms with Gasteiger partial charge in [-0.15, -0.1) is 0 Å². The zero-order chi connectivity index (χ0) is 16.9. The second kappa shape index (κ2) is 7.78. The fourth-order valence-corrected chi connectivity index (χ4v) is 3.12. The number of hydrogen-bond acceptors (Lipinski definition) is 5. The van der Waals surface area contributed by atoms with E-state index >= 15 is 0 Å². The second-order valence-corrected chi connectivity index (χ2v) is 6.04. The minimum atomic E-state index is -0.280.